The Hall–Kier alpha value is -0.760. The molecule has 1 aliphatic carbocycles. The molecule has 1 aromatic heterocycles. The summed E-state index contributed by atoms with van der Waals surface area (Å²) in [5.74, 6) is 2.06. The molecule has 0 spiro atoms. The van der Waals surface area contributed by atoms with Crippen LogP contribution >= 0.6 is 0 Å². The van der Waals surface area contributed by atoms with Gasteiger partial charge in [-0.05, 0) is 44.2 Å². The second-order valence-electron chi connectivity index (χ2n) is 5.83. The SMILES string of the molecule is CCC1CCCC(NC(C)Cc2ccco2)CC1. The van der Waals surface area contributed by atoms with Gasteiger partial charge in [-0.1, -0.05) is 26.2 Å². The number of rotatable bonds is 5. The van der Waals surface area contributed by atoms with Gasteiger partial charge in [0.25, 0.3) is 0 Å². The molecular weight excluding hydrogens is 222 g/mol. The van der Waals surface area contributed by atoms with Crippen molar-refractivity contribution in [3.63, 3.8) is 0 Å². The van der Waals surface area contributed by atoms with Gasteiger partial charge < -0.3 is 9.73 Å². The predicted molar refractivity (Wildman–Crippen MR) is 75.7 cm³/mol. The molecule has 1 heterocycles. The van der Waals surface area contributed by atoms with E-state index in [0.717, 1.165) is 18.1 Å². The van der Waals surface area contributed by atoms with Crippen LogP contribution in [0.15, 0.2) is 22.8 Å². The average Bonchev–Trinajstić information content (AvgIpc) is 2.75. The summed E-state index contributed by atoms with van der Waals surface area (Å²) in [7, 11) is 0. The summed E-state index contributed by atoms with van der Waals surface area (Å²) < 4.78 is 5.41. The van der Waals surface area contributed by atoms with E-state index in [2.05, 4.69) is 25.2 Å². The van der Waals surface area contributed by atoms with Gasteiger partial charge in [0, 0.05) is 18.5 Å². The van der Waals surface area contributed by atoms with E-state index >= 15 is 0 Å². The Balaban J connectivity index is 1.75. The van der Waals surface area contributed by atoms with Crippen molar-refractivity contribution in [2.45, 2.75) is 70.9 Å². The van der Waals surface area contributed by atoms with Crippen LogP contribution in [-0.2, 0) is 6.42 Å². The molecule has 0 aliphatic heterocycles. The molecule has 3 unspecified atom stereocenters. The molecule has 2 rings (SSSR count). The molecule has 0 bridgehead atoms. The van der Waals surface area contributed by atoms with E-state index in [-0.39, 0.29) is 0 Å². The van der Waals surface area contributed by atoms with E-state index in [1.807, 2.05) is 6.07 Å². The van der Waals surface area contributed by atoms with Gasteiger partial charge >= 0.3 is 0 Å². The van der Waals surface area contributed by atoms with Crippen LogP contribution < -0.4 is 5.32 Å². The molecule has 102 valence electrons. The van der Waals surface area contributed by atoms with Crippen molar-refractivity contribution < 1.29 is 4.42 Å². The molecule has 1 N–H and O–H groups in total. The Labute approximate surface area is 111 Å². The van der Waals surface area contributed by atoms with Crippen LogP contribution in [0.2, 0.25) is 0 Å². The first-order valence-corrected chi connectivity index (χ1v) is 7.56. The number of hydrogen-bond donors (Lipinski definition) is 1. The fourth-order valence-electron chi connectivity index (χ4n) is 3.15. The lowest BCUT2D eigenvalue weighted by Gasteiger charge is -2.21. The van der Waals surface area contributed by atoms with Crippen LogP contribution in [0.4, 0.5) is 0 Å². The zero-order valence-electron chi connectivity index (χ0n) is 11.8. The number of nitrogens with one attached hydrogen (secondary N) is 1. The first kappa shape index (κ1) is 13.7. The molecule has 1 aromatic rings. The minimum atomic E-state index is 0.513. The smallest absolute Gasteiger partial charge is 0.105 e. The van der Waals surface area contributed by atoms with Gasteiger partial charge in [-0.3, -0.25) is 0 Å². The summed E-state index contributed by atoms with van der Waals surface area (Å²) in [4.78, 5) is 0. The van der Waals surface area contributed by atoms with Crippen molar-refractivity contribution in [1.82, 2.24) is 5.32 Å². The second-order valence-corrected chi connectivity index (χ2v) is 5.83. The van der Waals surface area contributed by atoms with Gasteiger partial charge in [0.15, 0.2) is 0 Å². The second kappa shape index (κ2) is 6.98. The third-order valence-electron chi connectivity index (χ3n) is 4.27. The van der Waals surface area contributed by atoms with Gasteiger partial charge in [0.05, 0.1) is 6.26 Å². The van der Waals surface area contributed by atoms with Crippen LogP contribution in [0.3, 0.4) is 0 Å². The molecule has 0 amide bonds. The standard InChI is InChI=1S/C16H27NO/c1-3-14-6-4-7-15(10-9-14)17-13(2)12-16-8-5-11-18-16/h5,8,11,13-15,17H,3-4,6-7,9-10,12H2,1-2H3. The monoisotopic (exact) mass is 249 g/mol. The van der Waals surface area contributed by atoms with Crippen LogP contribution in [0.5, 0.6) is 0 Å². The molecule has 2 heteroatoms. The van der Waals surface area contributed by atoms with Crippen molar-refractivity contribution in [1.29, 1.82) is 0 Å². The van der Waals surface area contributed by atoms with Gasteiger partial charge in [0.2, 0.25) is 0 Å². The van der Waals surface area contributed by atoms with Crippen LogP contribution in [0.1, 0.15) is 58.1 Å². The van der Waals surface area contributed by atoms with Gasteiger partial charge in [-0.25, -0.2) is 0 Å². The lowest BCUT2D eigenvalue weighted by atomic mass is 9.97. The zero-order chi connectivity index (χ0) is 12.8. The van der Waals surface area contributed by atoms with E-state index in [9.17, 15) is 0 Å². The maximum Gasteiger partial charge on any atom is 0.105 e. The maximum absolute atomic E-state index is 5.41. The zero-order valence-corrected chi connectivity index (χ0v) is 11.8. The molecule has 1 saturated carbocycles. The van der Waals surface area contributed by atoms with Gasteiger partial charge in [-0.15, -0.1) is 0 Å². The van der Waals surface area contributed by atoms with E-state index in [4.69, 9.17) is 4.42 Å². The predicted octanol–water partition coefficient (Wildman–Crippen LogP) is 4.16. The quantitative estimate of drug-likeness (QED) is 0.793. The molecule has 3 atom stereocenters. The Bertz CT molecular complexity index is 320. The molecule has 1 aliphatic rings. The van der Waals surface area contributed by atoms with Crippen molar-refractivity contribution in [3.05, 3.63) is 24.2 Å². The molecule has 0 aromatic carbocycles. The minimum absolute atomic E-state index is 0.513. The Kier molecular flexibility index (Phi) is 5.30. The highest BCUT2D eigenvalue weighted by atomic mass is 16.3. The highest BCUT2D eigenvalue weighted by Gasteiger charge is 2.19. The summed E-state index contributed by atoms with van der Waals surface area (Å²) >= 11 is 0. The van der Waals surface area contributed by atoms with Crippen molar-refractivity contribution in [3.8, 4) is 0 Å². The van der Waals surface area contributed by atoms with E-state index < -0.39 is 0 Å². The Morgan fingerprint density at radius 2 is 2.22 bits per heavy atom. The topological polar surface area (TPSA) is 25.2 Å². The van der Waals surface area contributed by atoms with Gasteiger partial charge in [-0.2, -0.15) is 0 Å². The maximum atomic E-state index is 5.41. The molecule has 1 fully saturated rings. The lowest BCUT2D eigenvalue weighted by molar-refractivity contribution is 0.378. The van der Waals surface area contributed by atoms with E-state index in [0.29, 0.717) is 12.1 Å². The molecule has 18 heavy (non-hydrogen) atoms. The summed E-state index contributed by atoms with van der Waals surface area (Å²) in [6, 6.07) is 5.27. The fraction of sp³-hybridized carbons (Fsp3) is 0.750. The minimum Gasteiger partial charge on any atom is -0.469 e. The van der Waals surface area contributed by atoms with Crippen molar-refractivity contribution in [2.75, 3.05) is 0 Å². The summed E-state index contributed by atoms with van der Waals surface area (Å²) in [6.07, 6.45) is 11.0. The lowest BCUT2D eigenvalue weighted by Crippen LogP contribution is -2.37. The number of furan rings is 1. The highest BCUT2D eigenvalue weighted by Crippen LogP contribution is 2.25. The average molecular weight is 249 g/mol. The van der Waals surface area contributed by atoms with Crippen molar-refractivity contribution in [2.24, 2.45) is 5.92 Å². The summed E-state index contributed by atoms with van der Waals surface area (Å²) in [5, 5.41) is 3.78. The number of hydrogen-bond acceptors (Lipinski definition) is 2. The largest absolute Gasteiger partial charge is 0.469 e. The first-order valence-electron chi connectivity index (χ1n) is 7.56. The van der Waals surface area contributed by atoms with Gasteiger partial charge in [0.1, 0.15) is 5.76 Å². The third-order valence-corrected chi connectivity index (χ3v) is 4.27. The molecular formula is C16H27NO. The Morgan fingerprint density at radius 1 is 1.33 bits per heavy atom. The van der Waals surface area contributed by atoms with Crippen LogP contribution in [0, 0.1) is 5.92 Å². The highest BCUT2D eigenvalue weighted by molar-refractivity contribution is 5.00. The normalized spacial score (nSPS) is 26.8. The van der Waals surface area contributed by atoms with E-state index in [1.165, 1.54) is 38.5 Å². The summed E-state index contributed by atoms with van der Waals surface area (Å²) in [5.41, 5.74) is 0. The van der Waals surface area contributed by atoms with Crippen LogP contribution in [0.25, 0.3) is 0 Å². The fourth-order valence-corrected chi connectivity index (χ4v) is 3.15. The van der Waals surface area contributed by atoms with E-state index in [1.54, 1.807) is 6.26 Å². The summed E-state index contributed by atoms with van der Waals surface area (Å²) in [6.45, 7) is 4.60. The Morgan fingerprint density at radius 3 is 2.94 bits per heavy atom. The molecule has 0 saturated heterocycles. The van der Waals surface area contributed by atoms with Crippen LogP contribution in [-0.4, -0.2) is 12.1 Å². The first-order chi connectivity index (χ1) is 8.78. The van der Waals surface area contributed by atoms with Crippen molar-refractivity contribution >= 4 is 0 Å². The molecule has 2 nitrogen and oxygen atoms in total. The third kappa shape index (κ3) is 4.16. The molecule has 0 radical (unpaired) electrons.